The molecule has 2 aromatic rings. The van der Waals surface area contributed by atoms with Crippen LogP contribution in [0.3, 0.4) is 0 Å². The molecule has 19 heavy (non-hydrogen) atoms. The van der Waals surface area contributed by atoms with Crippen LogP contribution in [-0.4, -0.2) is 15.7 Å². The Morgan fingerprint density at radius 3 is 2.58 bits per heavy atom. The maximum Gasteiger partial charge on any atom is 0.255 e. The van der Waals surface area contributed by atoms with Crippen molar-refractivity contribution in [1.29, 1.82) is 0 Å². The molecule has 0 aliphatic rings. The third-order valence-corrected chi connectivity index (χ3v) is 3.17. The van der Waals surface area contributed by atoms with Crippen LogP contribution in [-0.2, 0) is 7.05 Å². The van der Waals surface area contributed by atoms with E-state index in [1.165, 1.54) is 0 Å². The molecular weight excluding hydrogens is 238 g/mol. The van der Waals surface area contributed by atoms with Crippen molar-refractivity contribution in [3.05, 3.63) is 53.3 Å². The average molecular weight is 257 g/mol. The van der Waals surface area contributed by atoms with Crippen molar-refractivity contribution >= 4 is 5.91 Å². The topological polar surface area (TPSA) is 46.9 Å². The highest BCUT2D eigenvalue weighted by Crippen LogP contribution is 2.17. The molecule has 1 atom stereocenters. The molecule has 100 valence electrons. The van der Waals surface area contributed by atoms with Crippen LogP contribution >= 0.6 is 0 Å². The molecule has 0 saturated heterocycles. The normalized spacial score (nSPS) is 12.2. The molecule has 2 rings (SSSR count). The van der Waals surface area contributed by atoms with Gasteiger partial charge in [-0.1, -0.05) is 37.3 Å². The zero-order valence-corrected chi connectivity index (χ0v) is 11.6. The molecule has 4 heteroatoms. The molecule has 0 radical (unpaired) electrons. The standard InChI is InChI=1S/C15H19N3O/c1-4-14(12-8-6-5-7-9-12)16-15(19)13-10-18(3)17-11(13)2/h5-10,14H,4H2,1-3H3,(H,16,19). The quantitative estimate of drug-likeness (QED) is 0.915. The predicted molar refractivity (Wildman–Crippen MR) is 74.9 cm³/mol. The van der Waals surface area contributed by atoms with Crippen molar-refractivity contribution in [2.45, 2.75) is 26.3 Å². The summed E-state index contributed by atoms with van der Waals surface area (Å²) in [7, 11) is 1.82. The number of aryl methyl sites for hydroxylation is 2. The third kappa shape index (κ3) is 3.02. The molecule has 0 fully saturated rings. The Morgan fingerprint density at radius 1 is 1.37 bits per heavy atom. The first kappa shape index (κ1) is 13.3. The van der Waals surface area contributed by atoms with Crippen LogP contribution in [0, 0.1) is 6.92 Å². The van der Waals surface area contributed by atoms with Crippen molar-refractivity contribution in [3.63, 3.8) is 0 Å². The van der Waals surface area contributed by atoms with E-state index in [9.17, 15) is 4.79 Å². The number of aromatic nitrogens is 2. The maximum absolute atomic E-state index is 12.3. The number of hydrogen-bond acceptors (Lipinski definition) is 2. The smallest absolute Gasteiger partial charge is 0.255 e. The number of benzene rings is 1. The summed E-state index contributed by atoms with van der Waals surface area (Å²) in [5, 5.41) is 7.25. The zero-order chi connectivity index (χ0) is 13.8. The Morgan fingerprint density at radius 2 is 2.05 bits per heavy atom. The summed E-state index contributed by atoms with van der Waals surface area (Å²) in [6, 6.07) is 10.0. The number of carbonyl (C=O) groups is 1. The summed E-state index contributed by atoms with van der Waals surface area (Å²) in [4.78, 5) is 12.3. The number of amides is 1. The van der Waals surface area contributed by atoms with Crippen LogP contribution in [0.25, 0.3) is 0 Å². The SMILES string of the molecule is CCC(NC(=O)c1cn(C)nc1C)c1ccccc1. The van der Waals surface area contributed by atoms with Crippen LogP contribution < -0.4 is 5.32 Å². The summed E-state index contributed by atoms with van der Waals surface area (Å²) in [5.41, 5.74) is 2.51. The van der Waals surface area contributed by atoms with Gasteiger partial charge in [-0.3, -0.25) is 9.48 Å². The van der Waals surface area contributed by atoms with Crippen LogP contribution in [0.5, 0.6) is 0 Å². The molecule has 1 aromatic heterocycles. The lowest BCUT2D eigenvalue weighted by atomic mass is 10.0. The fraction of sp³-hybridized carbons (Fsp3) is 0.333. The van der Waals surface area contributed by atoms with E-state index in [4.69, 9.17) is 0 Å². The van der Waals surface area contributed by atoms with Crippen molar-refractivity contribution in [2.24, 2.45) is 7.05 Å². The minimum atomic E-state index is -0.0682. The van der Waals surface area contributed by atoms with E-state index < -0.39 is 0 Å². The lowest BCUT2D eigenvalue weighted by Crippen LogP contribution is -2.28. The first-order valence-electron chi connectivity index (χ1n) is 6.48. The number of nitrogens with one attached hydrogen (secondary N) is 1. The highest BCUT2D eigenvalue weighted by atomic mass is 16.1. The van der Waals surface area contributed by atoms with Crippen LogP contribution in [0.15, 0.2) is 36.5 Å². The number of carbonyl (C=O) groups excluding carboxylic acids is 1. The molecule has 4 nitrogen and oxygen atoms in total. The van der Waals surface area contributed by atoms with Gasteiger partial charge in [0, 0.05) is 13.2 Å². The van der Waals surface area contributed by atoms with E-state index in [0.717, 1.165) is 17.7 Å². The molecule has 1 amide bonds. The number of hydrogen-bond donors (Lipinski definition) is 1. The van der Waals surface area contributed by atoms with Gasteiger partial charge in [0.05, 0.1) is 17.3 Å². The minimum absolute atomic E-state index is 0.0355. The van der Waals surface area contributed by atoms with E-state index in [-0.39, 0.29) is 11.9 Å². The lowest BCUT2D eigenvalue weighted by molar-refractivity contribution is 0.0935. The van der Waals surface area contributed by atoms with E-state index in [2.05, 4.69) is 17.3 Å². The largest absolute Gasteiger partial charge is 0.345 e. The second kappa shape index (κ2) is 5.69. The van der Waals surface area contributed by atoms with Gasteiger partial charge in [-0.25, -0.2) is 0 Å². The first-order valence-corrected chi connectivity index (χ1v) is 6.48. The van der Waals surface area contributed by atoms with Crippen molar-refractivity contribution in [3.8, 4) is 0 Å². The molecule has 0 aliphatic carbocycles. The fourth-order valence-corrected chi connectivity index (χ4v) is 2.16. The van der Waals surface area contributed by atoms with Crippen LogP contribution in [0.1, 0.15) is 41.0 Å². The second-order valence-electron chi connectivity index (χ2n) is 4.65. The van der Waals surface area contributed by atoms with Gasteiger partial charge in [0.25, 0.3) is 5.91 Å². The Labute approximate surface area is 113 Å². The van der Waals surface area contributed by atoms with Gasteiger partial charge >= 0.3 is 0 Å². The summed E-state index contributed by atoms with van der Waals surface area (Å²) >= 11 is 0. The number of nitrogens with zero attached hydrogens (tertiary/aromatic N) is 2. The molecule has 1 heterocycles. The lowest BCUT2D eigenvalue weighted by Gasteiger charge is -2.17. The maximum atomic E-state index is 12.3. The zero-order valence-electron chi connectivity index (χ0n) is 11.6. The van der Waals surface area contributed by atoms with E-state index in [1.54, 1.807) is 10.9 Å². The van der Waals surface area contributed by atoms with Crippen molar-refractivity contribution < 1.29 is 4.79 Å². The molecule has 0 aliphatic heterocycles. The Balaban J connectivity index is 2.15. The van der Waals surface area contributed by atoms with Gasteiger partial charge < -0.3 is 5.32 Å². The van der Waals surface area contributed by atoms with E-state index in [1.807, 2.05) is 44.3 Å². The average Bonchev–Trinajstić information content (AvgIpc) is 2.76. The highest BCUT2D eigenvalue weighted by molar-refractivity contribution is 5.95. The van der Waals surface area contributed by atoms with E-state index >= 15 is 0 Å². The molecular formula is C15H19N3O. The van der Waals surface area contributed by atoms with Gasteiger partial charge in [0.15, 0.2) is 0 Å². The molecule has 0 saturated carbocycles. The first-order chi connectivity index (χ1) is 9.11. The predicted octanol–water partition coefficient (Wildman–Crippen LogP) is 2.61. The summed E-state index contributed by atoms with van der Waals surface area (Å²) < 4.78 is 1.66. The van der Waals surface area contributed by atoms with E-state index in [0.29, 0.717) is 5.56 Å². The van der Waals surface area contributed by atoms with Gasteiger partial charge in [0.1, 0.15) is 0 Å². The van der Waals surface area contributed by atoms with Crippen LogP contribution in [0.2, 0.25) is 0 Å². The third-order valence-electron chi connectivity index (χ3n) is 3.17. The summed E-state index contributed by atoms with van der Waals surface area (Å²) in [6.45, 7) is 3.91. The van der Waals surface area contributed by atoms with Crippen molar-refractivity contribution in [2.75, 3.05) is 0 Å². The number of rotatable bonds is 4. The minimum Gasteiger partial charge on any atom is -0.345 e. The monoisotopic (exact) mass is 257 g/mol. The molecule has 0 spiro atoms. The molecule has 0 bridgehead atoms. The van der Waals surface area contributed by atoms with Gasteiger partial charge in [-0.15, -0.1) is 0 Å². The fourth-order valence-electron chi connectivity index (χ4n) is 2.16. The Bertz CT molecular complexity index is 560. The van der Waals surface area contributed by atoms with Crippen LogP contribution in [0.4, 0.5) is 0 Å². The van der Waals surface area contributed by atoms with Gasteiger partial charge in [-0.2, -0.15) is 5.10 Å². The molecule has 1 N–H and O–H groups in total. The Kier molecular flexibility index (Phi) is 4.00. The van der Waals surface area contributed by atoms with Gasteiger partial charge in [0.2, 0.25) is 0 Å². The highest BCUT2D eigenvalue weighted by Gasteiger charge is 2.17. The molecule has 1 aromatic carbocycles. The Hall–Kier alpha value is -2.10. The summed E-state index contributed by atoms with van der Waals surface area (Å²) in [6.07, 6.45) is 2.61. The second-order valence-corrected chi connectivity index (χ2v) is 4.65. The van der Waals surface area contributed by atoms with Gasteiger partial charge in [-0.05, 0) is 18.9 Å². The molecule has 1 unspecified atom stereocenters. The van der Waals surface area contributed by atoms with Crippen molar-refractivity contribution in [1.82, 2.24) is 15.1 Å². The summed E-state index contributed by atoms with van der Waals surface area (Å²) in [5.74, 6) is -0.0682.